The molecule has 0 aliphatic heterocycles. The lowest BCUT2D eigenvalue weighted by molar-refractivity contribution is 0.322. The van der Waals surface area contributed by atoms with Crippen LogP contribution in [0.3, 0.4) is 0 Å². The third-order valence-electron chi connectivity index (χ3n) is 2.26. The normalized spacial score (nSPS) is 10.9. The van der Waals surface area contributed by atoms with Crippen molar-refractivity contribution in [3.63, 3.8) is 0 Å². The Kier molecular flexibility index (Phi) is 4.76. The molecule has 0 saturated carbocycles. The van der Waals surface area contributed by atoms with Gasteiger partial charge in [0.05, 0.1) is 6.21 Å². The van der Waals surface area contributed by atoms with E-state index in [1.54, 1.807) is 0 Å². The highest BCUT2D eigenvalue weighted by Gasteiger charge is 1.93. The molecule has 0 aliphatic rings. The Balaban J connectivity index is 2.46. The molecule has 14 heavy (non-hydrogen) atoms. The standard InChI is InChI=1S/C12H17NO/c1-2-3-4-5-11-6-8-12(9-7-11)10-13-14/h6-10,14H,2-5H2,1H3/b13-10+. The molecule has 0 aliphatic carbocycles. The van der Waals surface area contributed by atoms with Crippen molar-refractivity contribution in [1.29, 1.82) is 0 Å². The van der Waals surface area contributed by atoms with Crippen molar-refractivity contribution < 1.29 is 5.21 Å². The quantitative estimate of drug-likeness (QED) is 0.329. The monoisotopic (exact) mass is 191 g/mol. The molecule has 0 heterocycles. The van der Waals surface area contributed by atoms with E-state index in [0.29, 0.717) is 0 Å². The summed E-state index contributed by atoms with van der Waals surface area (Å²) in [5.74, 6) is 0. The highest BCUT2D eigenvalue weighted by Crippen LogP contribution is 2.07. The molecule has 0 aromatic heterocycles. The van der Waals surface area contributed by atoms with Gasteiger partial charge in [0.1, 0.15) is 0 Å². The second kappa shape index (κ2) is 6.19. The zero-order valence-corrected chi connectivity index (χ0v) is 8.61. The minimum absolute atomic E-state index is 0.937. The van der Waals surface area contributed by atoms with Crippen LogP contribution in [0, 0.1) is 0 Å². The zero-order valence-electron chi connectivity index (χ0n) is 8.61. The zero-order chi connectivity index (χ0) is 10.2. The number of aryl methyl sites for hydroxylation is 1. The number of nitrogens with zero attached hydrogens (tertiary/aromatic N) is 1. The van der Waals surface area contributed by atoms with E-state index in [0.717, 1.165) is 12.0 Å². The van der Waals surface area contributed by atoms with E-state index in [2.05, 4.69) is 24.2 Å². The maximum Gasteiger partial charge on any atom is 0.0733 e. The van der Waals surface area contributed by atoms with Gasteiger partial charge in [-0.1, -0.05) is 49.2 Å². The van der Waals surface area contributed by atoms with Crippen LogP contribution in [-0.4, -0.2) is 11.4 Å². The predicted molar refractivity (Wildman–Crippen MR) is 59.1 cm³/mol. The van der Waals surface area contributed by atoms with E-state index >= 15 is 0 Å². The summed E-state index contributed by atoms with van der Waals surface area (Å²) in [5.41, 5.74) is 2.29. The summed E-state index contributed by atoms with van der Waals surface area (Å²) in [6, 6.07) is 8.13. The maximum absolute atomic E-state index is 8.33. The predicted octanol–water partition coefficient (Wildman–Crippen LogP) is 3.23. The van der Waals surface area contributed by atoms with Crippen LogP contribution in [0.2, 0.25) is 0 Å². The molecular weight excluding hydrogens is 174 g/mol. The fourth-order valence-corrected chi connectivity index (χ4v) is 1.42. The van der Waals surface area contributed by atoms with E-state index < -0.39 is 0 Å². The number of rotatable bonds is 5. The van der Waals surface area contributed by atoms with Gasteiger partial charge in [-0.05, 0) is 24.0 Å². The van der Waals surface area contributed by atoms with E-state index in [4.69, 9.17) is 5.21 Å². The lowest BCUT2D eigenvalue weighted by Crippen LogP contribution is -1.87. The summed E-state index contributed by atoms with van der Waals surface area (Å²) in [6.45, 7) is 2.21. The first-order chi connectivity index (χ1) is 6.86. The van der Waals surface area contributed by atoms with Crippen LogP contribution >= 0.6 is 0 Å². The van der Waals surface area contributed by atoms with Gasteiger partial charge in [-0.2, -0.15) is 0 Å². The SMILES string of the molecule is CCCCCc1ccc(/C=N/O)cc1. The summed E-state index contributed by atoms with van der Waals surface area (Å²) < 4.78 is 0. The molecule has 1 aromatic carbocycles. The average Bonchev–Trinajstić information content (AvgIpc) is 2.21. The van der Waals surface area contributed by atoms with Gasteiger partial charge in [0, 0.05) is 0 Å². The van der Waals surface area contributed by atoms with Crippen molar-refractivity contribution in [3.05, 3.63) is 35.4 Å². The van der Waals surface area contributed by atoms with Crippen molar-refractivity contribution in [1.82, 2.24) is 0 Å². The topological polar surface area (TPSA) is 32.6 Å². The third-order valence-corrected chi connectivity index (χ3v) is 2.26. The first-order valence-electron chi connectivity index (χ1n) is 5.13. The van der Waals surface area contributed by atoms with E-state index in [-0.39, 0.29) is 0 Å². The molecule has 2 nitrogen and oxygen atoms in total. The summed E-state index contributed by atoms with van der Waals surface area (Å²) in [5, 5.41) is 11.3. The molecule has 1 N–H and O–H groups in total. The van der Waals surface area contributed by atoms with Gasteiger partial charge in [0.2, 0.25) is 0 Å². The van der Waals surface area contributed by atoms with Crippen LogP contribution in [0.15, 0.2) is 29.4 Å². The smallest absolute Gasteiger partial charge is 0.0733 e. The van der Waals surface area contributed by atoms with Crippen molar-refractivity contribution in [3.8, 4) is 0 Å². The first kappa shape index (κ1) is 10.8. The molecule has 0 fully saturated rings. The lowest BCUT2D eigenvalue weighted by atomic mass is 10.1. The van der Waals surface area contributed by atoms with Gasteiger partial charge >= 0.3 is 0 Å². The molecule has 0 atom stereocenters. The van der Waals surface area contributed by atoms with Crippen LogP contribution in [0.25, 0.3) is 0 Å². The van der Waals surface area contributed by atoms with Gasteiger partial charge in [0.25, 0.3) is 0 Å². The van der Waals surface area contributed by atoms with E-state index in [1.807, 2.05) is 12.1 Å². The van der Waals surface area contributed by atoms with Crippen LogP contribution in [0.4, 0.5) is 0 Å². The number of hydrogen-bond acceptors (Lipinski definition) is 2. The van der Waals surface area contributed by atoms with Crippen molar-refractivity contribution >= 4 is 6.21 Å². The summed E-state index contributed by atoms with van der Waals surface area (Å²) in [6.07, 6.45) is 6.39. The Bertz CT molecular complexity index is 277. The Labute approximate surface area is 85.3 Å². The molecule has 0 bridgehead atoms. The highest BCUT2D eigenvalue weighted by atomic mass is 16.4. The van der Waals surface area contributed by atoms with Gasteiger partial charge in [-0.3, -0.25) is 0 Å². The number of hydrogen-bond donors (Lipinski definition) is 1. The number of benzene rings is 1. The van der Waals surface area contributed by atoms with Gasteiger partial charge in [-0.25, -0.2) is 0 Å². The minimum Gasteiger partial charge on any atom is -0.411 e. The fraction of sp³-hybridized carbons (Fsp3) is 0.417. The third kappa shape index (κ3) is 3.60. The van der Waals surface area contributed by atoms with Crippen LogP contribution in [-0.2, 0) is 6.42 Å². The Morgan fingerprint density at radius 3 is 2.50 bits per heavy atom. The fourth-order valence-electron chi connectivity index (χ4n) is 1.42. The van der Waals surface area contributed by atoms with Crippen LogP contribution in [0.1, 0.15) is 37.3 Å². The number of unbranched alkanes of at least 4 members (excludes halogenated alkanes) is 2. The molecular formula is C12H17NO. The molecule has 0 unspecified atom stereocenters. The van der Waals surface area contributed by atoms with Crippen molar-refractivity contribution in [2.45, 2.75) is 32.6 Å². The van der Waals surface area contributed by atoms with Gasteiger partial charge in [0.15, 0.2) is 0 Å². The van der Waals surface area contributed by atoms with Gasteiger partial charge in [-0.15, -0.1) is 0 Å². The lowest BCUT2D eigenvalue weighted by Gasteiger charge is -2.00. The molecule has 0 radical (unpaired) electrons. The molecule has 0 spiro atoms. The molecule has 76 valence electrons. The second-order valence-electron chi connectivity index (χ2n) is 3.44. The summed E-state index contributed by atoms with van der Waals surface area (Å²) >= 11 is 0. The molecule has 2 heteroatoms. The van der Waals surface area contributed by atoms with Crippen molar-refractivity contribution in [2.75, 3.05) is 0 Å². The largest absolute Gasteiger partial charge is 0.411 e. The van der Waals surface area contributed by atoms with Gasteiger partial charge < -0.3 is 5.21 Å². The maximum atomic E-state index is 8.33. The van der Waals surface area contributed by atoms with E-state index in [1.165, 1.54) is 31.0 Å². The average molecular weight is 191 g/mol. The summed E-state index contributed by atoms with van der Waals surface area (Å²) in [7, 11) is 0. The molecule has 1 rings (SSSR count). The molecule has 0 amide bonds. The van der Waals surface area contributed by atoms with Crippen molar-refractivity contribution in [2.24, 2.45) is 5.16 Å². The summed E-state index contributed by atoms with van der Waals surface area (Å²) in [4.78, 5) is 0. The number of oxime groups is 1. The Hall–Kier alpha value is -1.31. The Morgan fingerprint density at radius 2 is 1.93 bits per heavy atom. The Morgan fingerprint density at radius 1 is 1.21 bits per heavy atom. The second-order valence-corrected chi connectivity index (χ2v) is 3.44. The molecule has 1 aromatic rings. The van der Waals surface area contributed by atoms with Crippen LogP contribution in [0.5, 0.6) is 0 Å². The molecule has 0 saturated heterocycles. The minimum atomic E-state index is 0.937. The highest BCUT2D eigenvalue weighted by molar-refractivity contribution is 5.78. The first-order valence-corrected chi connectivity index (χ1v) is 5.13. The van der Waals surface area contributed by atoms with E-state index in [9.17, 15) is 0 Å². The van der Waals surface area contributed by atoms with Crippen LogP contribution < -0.4 is 0 Å².